The predicted octanol–water partition coefficient (Wildman–Crippen LogP) is 2.90. The van der Waals surface area contributed by atoms with Crippen LogP contribution < -0.4 is 10.9 Å². The first-order chi connectivity index (χ1) is 13.2. The number of hydrogen-bond donors (Lipinski definition) is 1. The van der Waals surface area contributed by atoms with E-state index in [9.17, 15) is 4.79 Å². The summed E-state index contributed by atoms with van der Waals surface area (Å²) in [6.45, 7) is 3.77. The van der Waals surface area contributed by atoms with E-state index in [0.717, 1.165) is 41.0 Å². The van der Waals surface area contributed by atoms with Crippen molar-refractivity contribution in [3.8, 4) is 5.69 Å². The van der Waals surface area contributed by atoms with E-state index < -0.39 is 0 Å². The van der Waals surface area contributed by atoms with Crippen LogP contribution in [0.5, 0.6) is 0 Å². The van der Waals surface area contributed by atoms with Crippen LogP contribution in [0.4, 0.5) is 0 Å². The number of rotatable bonds is 3. The molecule has 0 radical (unpaired) electrons. The number of fused-ring (bicyclic) bond motifs is 3. The Morgan fingerprint density at radius 3 is 3.00 bits per heavy atom. The van der Waals surface area contributed by atoms with Crippen LogP contribution in [-0.2, 0) is 13.0 Å². The van der Waals surface area contributed by atoms with E-state index in [0.29, 0.717) is 0 Å². The van der Waals surface area contributed by atoms with Gasteiger partial charge in [-0.05, 0) is 37.6 Å². The Morgan fingerprint density at radius 1 is 1.26 bits per heavy atom. The maximum atomic E-state index is 13.4. The SMILES string of the molecule is C[C@@H](c1ccccc1-n1cccn1)n1cnc2sc3c(c2c1=O)CCNC3. The normalized spacial score (nSPS) is 15.0. The summed E-state index contributed by atoms with van der Waals surface area (Å²) < 4.78 is 3.58. The van der Waals surface area contributed by atoms with Crippen LogP contribution >= 0.6 is 11.3 Å². The van der Waals surface area contributed by atoms with Gasteiger partial charge in [-0.2, -0.15) is 5.10 Å². The zero-order chi connectivity index (χ0) is 18.4. The van der Waals surface area contributed by atoms with Crippen LogP contribution in [0.1, 0.15) is 29.0 Å². The molecule has 1 atom stereocenters. The molecule has 136 valence electrons. The summed E-state index contributed by atoms with van der Waals surface area (Å²) in [6, 6.07) is 9.80. The van der Waals surface area contributed by atoms with Crippen LogP contribution in [0.3, 0.4) is 0 Å². The zero-order valence-corrected chi connectivity index (χ0v) is 15.7. The van der Waals surface area contributed by atoms with Crippen molar-refractivity contribution >= 4 is 21.6 Å². The lowest BCUT2D eigenvalue weighted by atomic mass is 10.0. The molecule has 0 unspecified atom stereocenters. The largest absolute Gasteiger partial charge is 0.312 e. The van der Waals surface area contributed by atoms with Gasteiger partial charge in [-0.1, -0.05) is 18.2 Å². The second-order valence-electron chi connectivity index (χ2n) is 6.75. The number of nitrogens with one attached hydrogen (secondary N) is 1. The van der Waals surface area contributed by atoms with E-state index in [1.165, 1.54) is 10.4 Å². The minimum Gasteiger partial charge on any atom is -0.312 e. The number of nitrogens with zero attached hydrogens (tertiary/aromatic N) is 4. The highest BCUT2D eigenvalue weighted by Crippen LogP contribution is 2.31. The van der Waals surface area contributed by atoms with Gasteiger partial charge in [-0.25, -0.2) is 9.67 Å². The van der Waals surface area contributed by atoms with Crippen molar-refractivity contribution in [1.29, 1.82) is 0 Å². The fourth-order valence-corrected chi connectivity index (χ4v) is 4.96. The standard InChI is InChI=1S/C20H19N5OS/c1-13(14-5-2-3-6-16(14)25-10-4-8-23-25)24-12-22-19-18(20(24)26)15-7-9-21-11-17(15)27-19/h2-6,8,10,12-13,21H,7,9,11H2,1H3/t13-/m0/s1. The average molecular weight is 377 g/mol. The Hall–Kier alpha value is -2.77. The van der Waals surface area contributed by atoms with Crippen LogP contribution in [0.15, 0.2) is 53.8 Å². The molecule has 0 saturated heterocycles. The van der Waals surface area contributed by atoms with E-state index in [4.69, 9.17) is 0 Å². The Balaban J connectivity index is 1.67. The first-order valence-corrected chi connectivity index (χ1v) is 9.86. The van der Waals surface area contributed by atoms with Gasteiger partial charge in [0.1, 0.15) is 4.83 Å². The summed E-state index contributed by atoms with van der Waals surface area (Å²) in [4.78, 5) is 20.1. The summed E-state index contributed by atoms with van der Waals surface area (Å²) in [5, 5.41) is 8.52. The van der Waals surface area contributed by atoms with E-state index >= 15 is 0 Å². The Labute approximate surface area is 160 Å². The summed E-state index contributed by atoms with van der Waals surface area (Å²) in [7, 11) is 0. The van der Waals surface area contributed by atoms with Gasteiger partial charge in [0.2, 0.25) is 0 Å². The molecule has 4 heterocycles. The molecule has 1 N–H and O–H groups in total. The Kier molecular flexibility index (Phi) is 3.91. The van der Waals surface area contributed by atoms with Crippen molar-refractivity contribution in [1.82, 2.24) is 24.6 Å². The summed E-state index contributed by atoms with van der Waals surface area (Å²) in [6.07, 6.45) is 6.24. The Morgan fingerprint density at radius 2 is 2.15 bits per heavy atom. The number of thiophene rings is 1. The lowest BCUT2D eigenvalue weighted by molar-refractivity contribution is 0.602. The van der Waals surface area contributed by atoms with Gasteiger partial charge in [0.25, 0.3) is 5.56 Å². The zero-order valence-electron chi connectivity index (χ0n) is 14.9. The van der Waals surface area contributed by atoms with E-state index in [1.54, 1.807) is 28.4 Å². The first-order valence-electron chi connectivity index (χ1n) is 9.05. The van der Waals surface area contributed by atoms with E-state index in [-0.39, 0.29) is 11.6 Å². The maximum Gasteiger partial charge on any atom is 0.262 e. The quantitative estimate of drug-likeness (QED) is 0.596. The van der Waals surface area contributed by atoms with Crippen LogP contribution in [0.25, 0.3) is 15.9 Å². The molecule has 7 heteroatoms. The predicted molar refractivity (Wildman–Crippen MR) is 107 cm³/mol. The van der Waals surface area contributed by atoms with Crippen molar-refractivity contribution in [3.05, 3.63) is 75.4 Å². The van der Waals surface area contributed by atoms with E-state index in [1.807, 2.05) is 48.1 Å². The Bertz CT molecular complexity index is 1180. The van der Waals surface area contributed by atoms with Gasteiger partial charge in [-0.15, -0.1) is 11.3 Å². The molecule has 0 bridgehead atoms. The topological polar surface area (TPSA) is 64.7 Å². The van der Waals surface area contributed by atoms with Gasteiger partial charge in [0, 0.05) is 29.4 Å². The molecule has 5 rings (SSSR count). The summed E-state index contributed by atoms with van der Waals surface area (Å²) in [5.74, 6) is 0. The number of aromatic nitrogens is 4. The molecule has 27 heavy (non-hydrogen) atoms. The second-order valence-corrected chi connectivity index (χ2v) is 7.84. The average Bonchev–Trinajstić information content (AvgIpc) is 3.36. The van der Waals surface area contributed by atoms with Gasteiger partial charge >= 0.3 is 0 Å². The highest BCUT2D eigenvalue weighted by Gasteiger charge is 2.22. The molecule has 0 saturated carbocycles. The molecule has 3 aromatic heterocycles. The van der Waals surface area contributed by atoms with Crippen LogP contribution in [0, 0.1) is 0 Å². The lowest BCUT2D eigenvalue weighted by Crippen LogP contribution is -2.27. The minimum absolute atomic E-state index is 0.0437. The van der Waals surface area contributed by atoms with Crippen molar-refractivity contribution in [2.75, 3.05) is 6.54 Å². The van der Waals surface area contributed by atoms with Crippen LogP contribution in [0.2, 0.25) is 0 Å². The smallest absolute Gasteiger partial charge is 0.262 e. The fraction of sp³-hybridized carbons (Fsp3) is 0.250. The van der Waals surface area contributed by atoms with Gasteiger partial charge in [0.15, 0.2) is 0 Å². The lowest BCUT2D eigenvalue weighted by Gasteiger charge is -2.19. The number of benzene rings is 1. The third-order valence-corrected chi connectivity index (χ3v) is 6.35. The van der Waals surface area contributed by atoms with Crippen molar-refractivity contribution in [2.24, 2.45) is 0 Å². The maximum absolute atomic E-state index is 13.4. The highest BCUT2D eigenvalue weighted by atomic mass is 32.1. The molecule has 0 fully saturated rings. The van der Waals surface area contributed by atoms with Crippen LogP contribution in [-0.4, -0.2) is 25.9 Å². The molecular formula is C20H19N5OS. The molecule has 1 aliphatic rings. The summed E-state index contributed by atoms with van der Waals surface area (Å²) >= 11 is 1.63. The number of para-hydroxylation sites is 1. The fourth-order valence-electron chi connectivity index (χ4n) is 3.81. The molecule has 4 aromatic rings. The molecule has 1 aromatic carbocycles. The minimum atomic E-state index is -0.146. The first kappa shape index (κ1) is 16.4. The van der Waals surface area contributed by atoms with Crippen molar-refractivity contribution in [2.45, 2.75) is 25.9 Å². The monoisotopic (exact) mass is 377 g/mol. The third-order valence-electron chi connectivity index (χ3n) is 5.21. The van der Waals surface area contributed by atoms with Crippen molar-refractivity contribution in [3.63, 3.8) is 0 Å². The van der Waals surface area contributed by atoms with Gasteiger partial charge in [-0.3, -0.25) is 9.36 Å². The summed E-state index contributed by atoms with van der Waals surface area (Å²) in [5.41, 5.74) is 3.23. The highest BCUT2D eigenvalue weighted by molar-refractivity contribution is 7.18. The van der Waals surface area contributed by atoms with E-state index in [2.05, 4.69) is 15.4 Å². The number of hydrogen-bond acceptors (Lipinski definition) is 5. The molecule has 6 nitrogen and oxygen atoms in total. The van der Waals surface area contributed by atoms with Gasteiger partial charge < -0.3 is 5.32 Å². The molecule has 0 amide bonds. The molecule has 1 aliphatic heterocycles. The van der Waals surface area contributed by atoms with Crippen molar-refractivity contribution < 1.29 is 0 Å². The van der Waals surface area contributed by atoms with Gasteiger partial charge in [0.05, 0.1) is 23.4 Å². The molecular weight excluding hydrogens is 358 g/mol. The second kappa shape index (κ2) is 6.44. The molecule has 0 spiro atoms. The third kappa shape index (κ3) is 2.62. The molecule has 0 aliphatic carbocycles.